The van der Waals surface area contributed by atoms with Gasteiger partial charge in [0.05, 0.1) is 18.7 Å². The zero-order valence-electron chi connectivity index (χ0n) is 21.7. The van der Waals surface area contributed by atoms with Crippen LogP contribution in [-0.2, 0) is 27.0 Å². The number of nitrogens with zero attached hydrogens (tertiary/aromatic N) is 1. The second kappa shape index (κ2) is 15.8. The predicted molar refractivity (Wildman–Crippen MR) is 140 cm³/mol. The summed E-state index contributed by atoms with van der Waals surface area (Å²) < 4.78 is 43.6. The summed E-state index contributed by atoms with van der Waals surface area (Å²) in [5.41, 5.74) is 0.863. The predicted octanol–water partition coefficient (Wildman–Crippen LogP) is 7.68. The molecule has 37 heavy (non-hydrogen) atoms. The third kappa shape index (κ3) is 10.7. The Bertz CT molecular complexity index is 1030. The van der Waals surface area contributed by atoms with Gasteiger partial charge in [-0.3, -0.25) is 9.69 Å². The first-order valence-corrected chi connectivity index (χ1v) is 13.0. The molecule has 2 aromatic rings. The number of carbonyl (C=O) groups excluding carboxylic acids is 2. The molecule has 0 fully saturated rings. The van der Waals surface area contributed by atoms with E-state index in [4.69, 9.17) is 4.74 Å². The van der Waals surface area contributed by atoms with Crippen LogP contribution >= 0.6 is 0 Å². The molecule has 0 N–H and O–H groups in total. The van der Waals surface area contributed by atoms with Crippen molar-refractivity contribution in [1.82, 2.24) is 0 Å². The van der Waals surface area contributed by atoms with Gasteiger partial charge in [-0.05, 0) is 55.3 Å². The van der Waals surface area contributed by atoms with E-state index >= 15 is 0 Å². The van der Waals surface area contributed by atoms with Crippen LogP contribution in [0.2, 0.25) is 0 Å². The highest BCUT2D eigenvalue weighted by atomic mass is 19.4. The summed E-state index contributed by atoms with van der Waals surface area (Å²) in [5.74, 6) is 4.33. The average molecular weight is 516 g/mol. The lowest BCUT2D eigenvalue weighted by Crippen LogP contribution is -2.37. The molecule has 0 saturated carbocycles. The summed E-state index contributed by atoms with van der Waals surface area (Å²) in [6.07, 6.45) is 6.37. The summed E-state index contributed by atoms with van der Waals surface area (Å²) in [5, 5.41) is 0. The van der Waals surface area contributed by atoms with Gasteiger partial charge in [0.1, 0.15) is 0 Å². The molecule has 0 bridgehead atoms. The van der Waals surface area contributed by atoms with E-state index in [-0.39, 0.29) is 18.8 Å². The number of hydrogen-bond donors (Lipinski definition) is 0. The van der Waals surface area contributed by atoms with Gasteiger partial charge in [-0.1, -0.05) is 75.8 Å². The van der Waals surface area contributed by atoms with Crippen LogP contribution < -0.4 is 4.90 Å². The van der Waals surface area contributed by atoms with Gasteiger partial charge >= 0.3 is 18.1 Å². The van der Waals surface area contributed by atoms with Crippen molar-refractivity contribution in [1.29, 1.82) is 0 Å². The number of anilines is 1. The van der Waals surface area contributed by atoms with Gasteiger partial charge in [0, 0.05) is 17.7 Å². The van der Waals surface area contributed by atoms with Crippen molar-refractivity contribution < 1.29 is 27.5 Å². The number of halogens is 3. The highest BCUT2D eigenvalue weighted by molar-refractivity contribution is 6.38. The number of ether oxygens (including phenoxy) is 1. The monoisotopic (exact) mass is 515 g/mol. The Kier molecular flexibility index (Phi) is 12.8. The van der Waals surface area contributed by atoms with E-state index in [2.05, 4.69) is 18.8 Å². The molecule has 0 heterocycles. The fourth-order valence-corrected chi connectivity index (χ4v) is 3.80. The maximum Gasteiger partial charge on any atom is 0.416 e. The van der Waals surface area contributed by atoms with E-state index in [1.54, 1.807) is 19.1 Å². The summed E-state index contributed by atoms with van der Waals surface area (Å²) in [6, 6.07) is 11.3. The molecular formula is C30H36F3NO3. The first-order chi connectivity index (χ1) is 17.8. The Labute approximate surface area is 218 Å². The molecule has 0 radical (unpaired) electrons. The summed E-state index contributed by atoms with van der Waals surface area (Å²) in [4.78, 5) is 25.9. The third-order valence-electron chi connectivity index (χ3n) is 5.88. The minimum Gasteiger partial charge on any atom is -0.459 e. The topological polar surface area (TPSA) is 46.6 Å². The Morgan fingerprint density at radius 3 is 2.00 bits per heavy atom. The van der Waals surface area contributed by atoms with Gasteiger partial charge in [-0.15, -0.1) is 0 Å². The van der Waals surface area contributed by atoms with Crippen LogP contribution in [0.3, 0.4) is 0 Å². The van der Waals surface area contributed by atoms with Crippen LogP contribution in [0.1, 0.15) is 88.3 Å². The first kappa shape index (κ1) is 30.0. The van der Waals surface area contributed by atoms with E-state index in [1.807, 2.05) is 12.1 Å². The number of hydrogen-bond acceptors (Lipinski definition) is 3. The van der Waals surface area contributed by atoms with Crippen LogP contribution in [0.5, 0.6) is 0 Å². The van der Waals surface area contributed by atoms with Gasteiger partial charge in [0.2, 0.25) is 0 Å². The zero-order valence-corrected chi connectivity index (χ0v) is 21.7. The minimum atomic E-state index is -4.50. The molecule has 0 aromatic heterocycles. The van der Waals surface area contributed by atoms with Crippen LogP contribution in [0.4, 0.5) is 18.9 Å². The van der Waals surface area contributed by atoms with Crippen LogP contribution in [0.15, 0.2) is 48.5 Å². The van der Waals surface area contributed by atoms with Gasteiger partial charge < -0.3 is 4.74 Å². The Morgan fingerprint density at radius 2 is 1.43 bits per heavy atom. The van der Waals surface area contributed by atoms with Gasteiger partial charge in [0.25, 0.3) is 0 Å². The van der Waals surface area contributed by atoms with Gasteiger partial charge in [0.15, 0.2) is 0 Å². The second-order valence-corrected chi connectivity index (χ2v) is 8.88. The van der Waals surface area contributed by atoms with Crippen molar-refractivity contribution in [2.24, 2.45) is 0 Å². The van der Waals surface area contributed by atoms with E-state index in [0.29, 0.717) is 5.56 Å². The molecule has 0 spiro atoms. The van der Waals surface area contributed by atoms with Gasteiger partial charge in [-0.25, -0.2) is 4.79 Å². The first-order valence-electron chi connectivity index (χ1n) is 13.0. The molecule has 0 saturated heterocycles. The number of benzene rings is 2. The standard InChI is InChI=1S/C30H36F3NO3/c1-3-5-6-7-8-9-10-11-12-13-14-24-15-17-25(18-16-24)23-34(28(35)29(36)37-4-2)27-21-19-26(20-22-27)30(31,32)33/h15-22H,3-12,23H2,1-2H3. The van der Waals surface area contributed by atoms with Crippen molar-refractivity contribution in [2.45, 2.75) is 84.4 Å². The molecule has 0 unspecified atom stereocenters. The van der Waals surface area contributed by atoms with Gasteiger partial charge in [-0.2, -0.15) is 13.2 Å². The normalized spacial score (nSPS) is 10.9. The van der Waals surface area contributed by atoms with Crippen molar-refractivity contribution in [3.63, 3.8) is 0 Å². The van der Waals surface area contributed by atoms with Crippen molar-refractivity contribution in [3.8, 4) is 11.8 Å². The Morgan fingerprint density at radius 1 is 0.838 bits per heavy atom. The molecule has 7 heteroatoms. The van der Waals surface area contributed by atoms with E-state index < -0.39 is 23.6 Å². The summed E-state index contributed by atoms with van der Waals surface area (Å²) in [6.45, 7) is 3.80. The lowest BCUT2D eigenvalue weighted by atomic mass is 10.1. The summed E-state index contributed by atoms with van der Waals surface area (Å²) in [7, 11) is 0. The molecule has 200 valence electrons. The van der Waals surface area contributed by atoms with E-state index in [0.717, 1.165) is 35.4 Å². The maximum atomic E-state index is 12.9. The smallest absolute Gasteiger partial charge is 0.416 e. The van der Waals surface area contributed by atoms with Crippen LogP contribution in [0.25, 0.3) is 0 Å². The lowest BCUT2D eigenvalue weighted by Gasteiger charge is -2.22. The highest BCUT2D eigenvalue weighted by Gasteiger charge is 2.31. The van der Waals surface area contributed by atoms with Crippen LogP contribution in [0, 0.1) is 11.8 Å². The molecular weight excluding hydrogens is 479 g/mol. The maximum absolute atomic E-state index is 12.9. The lowest BCUT2D eigenvalue weighted by molar-refractivity contribution is -0.153. The zero-order chi connectivity index (χ0) is 27.1. The third-order valence-corrected chi connectivity index (χ3v) is 5.88. The molecule has 4 nitrogen and oxygen atoms in total. The SMILES string of the molecule is CCCCCCCCCCC#Cc1ccc(CN(C(=O)C(=O)OCC)c2ccc(C(F)(F)F)cc2)cc1. The molecule has 0 aliphatic rings. The fraction of sp³-hybridized carbons (Fsp3) is 0.467. The second-order valence-electron chi connectivity index (χ2n) is 8.88. The van der Waals surface area contributed by atoms with Crippen molar-refractivity contribution >= 4 is 17.6 Å². The number of alkyl halides is 3. The number of rotatable bonds is 12. The van der Waals surface area contributed by atoms with Crippen molar-refractivity contribution in [2.75, 3.05) is 11.5 Å². The number of unbranched alkanes of at least 4 members (excludes halogenated alkanes) is 8. The van der Waals surface area contributed by atoms with Crippen LogP contribution in [-0.4, -0.2) is 18.5 Å². The van der Waals surface area contributed by atoms with E-state index in [9.17, 15) is 22.8 Å². The largest absolute Gasteiger partial charge is 0.459 e. The number of carbonyl (C=O) groups is 2. The number of amides is 1. The quantitative estimate of drug-likeness (QED) is 0.126. The molecule has 2 aromatic carbocycles. The van der Waals surface area contributed by atoms with E-state index in [1.165, 1.54) is 57.1 Å². The molecule has 0 aliphatic heterocycles. The minimum absolute atomic E-state index is 0.00498. The molecule has 1 amide bonds. The highest BCUT2D eigenvalue weighted by Crippen LogP contribution is 2.31. The Hall–Kier alpha value is -3.27. The molecule has 0 atom stereocenters. The Balaban J connectivity index is 1.99. The fourth-order valence-electron chi connectivity index (χ4n) is 3.80. The summed E-state index contributed by atoms with van der Waals surface area (Å²) >= 11 is 0. The molecule has 2 rings (SSSR count). The molecule has 0 aliphatic carbocycles. The average Bonchev–Trinajstić information content (AvgIpc) is 2.88. The number of esters is 1. The van der Waals surface area contributed by atoms with Crippen molar-refractivity contribution in [3.05, 3.63) is 65.2 Å².